The molecule has 0 bridgehead atoms. The van der Waals surface area contributed by atoms with Crippen LogP contribution in [0.1, 0.15) is 19.8 Å². The molecule has 0 rings (SSSR count). The Morgan fingerprint density at radius 2 is 2.08 bits per heavy atom. The first-order valence-corrected chi connectivity index (χ1v) is 5.31. The summed E-state index contributed by atoms with van der Waals surface area (Å²) in [4.78, 5) is 0. The van der Waals surface area contributed by atoms with E-state index >= 15 is 0 Å². The summed E-state index contributed by atoms with van der Waals surface area (Å²) in [5.41, 5.74) is 0. The number of aliphatic hydroxyl groups excluding tert-OH is 1. The van der Waals surface area contributed by atoms with Crippen molar-refractivity contribution in [3.05, 3.63) is 0 Å². The lowest BCUT2D eigenvalue weighted by Gasteiger charge is -2.07. The Labute approximate surface area is 72.1 Å². The normalized spacial score (nSPS) is 14.6. The smallest absolute Gasteiger partial charge is 0.264 e. The van der Waals surface area contributed by atoms with Gasteiger partial charge in [0.25, 0.3) is 10.1 Å². The van der Waals surface area contributed by atoms with Crippen LogP contribution in [-0.2, 0) is 14.9 Å². The molecular formula is C6H14O5S. The maximum absolute atomic E-state index is 10.2. The van der Waals surface area contributed by atoms with Crippen molar-refractivity contribution < 1.29 is 22.8 Å². The van der Waals surface area contributed by atoms with E-state index in [1.165, 1.54) is 0 Å². The van der Waals surface area contributed by atoms with Gasteiger partial charge in [-0.1, -0.05) is 6.92 Å². The Morgan fingerprint density at radius 3 is 2.50 bits per heavy atom. The van der Waals surface area contributed by atoms with Crippen molar-refractivity contribution >= 4 is 10.1 Å². The van der Waals surface area contributed by atoms with E-state index in [1.807, 2.05) is 0 Å². The van der Waals surface area contributed by atoms with E-state index in [4.69, 9.17) is 14.4 Å². The molecule has 0 fully saturated rings. The minimum atomic E-state index is -3.89. The summed E-state index contributed by atoms with van der Waals surface area (Å²) < 4.78 is 33.4. The van der Waals surface area contributed by atoms with Crippen LogP contribution < -0.4 is 0 Å². The molecule has 0 radical (unpaired) electrons. The van der Waals surface area contributed by atoms with Gasteiger partial charge in [0.1, 0.15) is 0 Å². The lowest BCUT2D eigenvalue weighted by molar-refractivity contribution is -0.0995. The molecule has 0 saturated heterocycles. The van der Waals surface area contributed by atoms with Crippen LogP contribution in [0, 0.1) is 0 Å². The first-order chi connectivity index (χ1) is 5.45. The average molecular weight is 198 g/mol. The van der Waals surface area contributed by atoms with Crippen LogP contribution in [0.5, 0.6) is 0 Å². The van der Waals surface area contributed by atoms with Crippen molar-refractivity contribution in [2.45, 2.75) is 26.1 Å². The molecule has 0 aliphatic rings. The van der Waals surface area contributed by atoms with Gasteiger partial charge in [-0.3, -0.25) is 4.55 Å². The second-order valence-electron chi connectivity index (χ2n) is 2.37. The molecule has 12 heavy (non-hydrogen) atoms. The summed E-state index contributed by atoms with van der Waals surface area (Å²) in [7, 11) is -3.89. The Bertz CT molecular complexity index is 198. The van der Waals surface area contributed by atoms with Crippen LogP contribution in [0.2, 0.25) is 0 Å². The molecule has 0 spiro atoms. The van der Waals surface area contributed by atoms with Crippen molar-refractivity contribution in [3.63, 3.8) is 0 Å². The van der Waals surface area contributed by atoms with Gasteiger partial charge in [0.15, 0.2) is 6.29 Å². The van der Waals surface area contributed by atoms with Gasteiger partial charge in [-0.05, 0) is 12.8 Å². The standard InChI is InChI=1S/C6H14O5S/c1-2-6(7)11-4-3-5-12(8,9)10/h6-7H,2-5H2,1H3,(H,8,9,10). The third-order valence-electron chi connectivity index (χ3n) is 1.21. The van der Waals surface area contributed by atoms with Gasteiger partial charge in [-0.25, -0.2) is 0 Å². The molecule has 0 aliphatic heterocycles. The quantitative estimate of drug-likeness (QED) is 0.357. The molecular weight excluding hydrogens is 184 g/mol. The van der Waals surface area contributed by atoms with Crippen molar-refractivity contribution in [1.82, 2.24) is 0 Å². The number of rotatable bonds is 6. The maximum Gasteiger partial charge on any atom is 0.264 e. The highest BCUT2D eigenvalue weighted by Crippen LogP contribution is 1.95. The highest BCUT2D eigenvalue weighted by molar-refractivity contribution is 7.85. The molecule has 0 aliphatic carbocycles. The Morgan fingerprint density at radius 1 is 1.50 bits per heavy atom. The van der Waals surface area contributed by atoms with Gasteiger partial charge in [0.2, 0.25) is 0 Å². The van der Waals surface area contributed by atoms with Crippen LogP contribution in [0.4, 0.5) is 0 Å². The summed E-state index contributed by atoms with van der Waals surface area (Å²) in [5, 5.41) is 8.85. The minimum Gasteiger partial charge on any atom is -0.368 e. The van der Waals surface area contributed by atoms with E-state index in [1.54, 1.807) is 6.92 Å². The highest BCUT2D eigenvalue weighted by Gasteiger charge is 2.05. The summed E-state index contributed by atoms with van der Waals surface area (Å²) >= 11 is 0. The van der Waals surface area contributed by atoms with E-state index in [9.17, 15) is 8.42 Å². The van der Waals surface area contributed by atoms with Crippen LogP contribution in [0.15, 0.2) is 0 Å². The molecule has 5 nitrogen and oxygen atoms in total. The molecule has 1 unspecified atom stereocenters. The van der Waals surface area contributed by atoms with Crippen molar-refractivity contribution in [2.75, 3.05) is 12.4 Å². The largest absolute Gasteiger partial charge is 0.368 e. The Hall–Kier alpha value is -0.170. The summed E-state index contributed by atoms with van der Waals surface area (Å²) in [6.07, 6.45) is -0.187. The maximum atomic E-state index is 10.2. The molecule has 74 valence electrons. The number of aliphatic hydroxyl groups is 1. The molecule has 0 aromatic carbocycles. The van der Waals surface area contributed by atoms with E-state index in [0.29, 0.717) is 6.42 Å². The molecule has 1 atom stereocenters. The van der Waals surface area contributed by atoms with Gasteiger partial charge < -0.3 is 9.84 Å². The topological polar surface area (TPSA) is 83.8 Å². The van der Waals surface area contributed by atoms with Gasteiger partial charge in [0.05, 0.1) is 12.4 Å². The predicted octanol–water partition coefficient (Wildman–Crippen LogP) is 0.00930. The minimum absolute atomic E-state index is 0.134. The second-order valence-corrected chi connectivity index (χ2v) is 3.95. The molecule has 2 N–H and O–H groups in total. The van der Waals surface area contributed by atoms with E-state index in [2.05, 4.69) is 0 Å². The molecule has 0 heterocycles. The molecule has 0 saturated carbocycles. The molecule has 0 aromatic rings. The zero-order chi connectivity index (χ0) is 9.61. The van der Waals surface area contributed by atoms with Gasteiger partial charge >= 0.3 is 0 Å². The number of ether oxygens (including phenoxy) is 1. The average Bonchev–Trinajstić information content (AvgIpc) is 1.96. The summed E-state index contributed by atoms with van der Waals surface area (Å²) in [6, 6.07) is 0. The Balaban J connectivity index is 3.34. The fourth-order valence-electron chi connectivity index (χ4n) is 0.579. The van der Waals surface area contributed by atoms with Gasteiger partial charge in [-0.15, -0.1) is 0 Å². The monoisotopic (exact) mass is 198 g/mol. The third kappa shape index (κ3) is 7.93. The lowest BCUT2D eigenvalue weighted by Crippen LogP contribution is -2.13. The number of hydrogen-bond donors (Lipinski definition) is 2. The molecule has 0 aromatic heterocycles. The van der Waals surface area contributed by atoms with Crippen molar-refractivity contribution in [1.29, 1.82) is 0 Å². The van der Waals surface area contributed by atoms with E-state index in [0.717, 1.165) is 0 Å². The SMILES string of the molecule is CCC(O)OCCCS(=O)(=O)O. The predicted molar refractivity (Wildman–Crippen MR) is 43.3 cm³/mol. The molecule has 6 heteroatoms. The van der Waals surface area contributed by atoms with Crippen LogP contribution in [0.25, 0.3) is 0 Å². The van der Waals surface area contributed by atoms with Crippen molar-refractivity contribution in [3.8, 4) is 0 Å². The number of hydrogen-bond acceptors (Lipinski definition) is 4. The van der Waals surface area contributed by atoms with E-state index in [-0.39, 0.29) is 18.8 Å². The third-order valence-corrected chi connectivity index (χ3v) is 2.01. The van der Waals surface area contributed by atoms with Crippen LogP contribution in [-0.4, -0.2) is 36.7 Å². The van der Waals surface area contributed by atoms with Crippen LogP contribution in [0.3, 0.4) is 0 Å². The van der Waals surface area contributed by atoms with Crippen LogP contribution >= 0.6 is 0 Å². The second kappa shape index (κ2) is 5.47. The summed E-state index contributed by atoms with van der Waals surface area (Å²) in [5.74, 6) is -0.330. The van der Waals surface area contributed by atoms with Gasteiger partial charge in [-0.2, -0.15) is 8.42 Å². The zero-order valence-corrected chi connectivity index (χ0v) is 7.75. The first-order valence-electron chi connectivity index (χ1n) is 3.70. The highest BCUT2D eigenvalue weighted by atomic mass is 32.2. The van der Waals surface area contributed by atoms with Crippen molar-refractivity contribution in [2.24, 2.45) is 0 Å². The lowest BCUT2D eigenvalue weighted by atomic mass is 10.4. The summed E-state index contributed by atoms with van der Waals surface area (Å²) in [6.45, 7) is 1.88. The van der Waals surface area contributed by atoms with Gasteiger partial charge in [0, 0.05) is 0 Å². The fourth-order valence-corrected chi connectivity index (χ4v) is 1.06. The van der Waals surface area contributed by atoms with E-state index < -0.39 is 16.4 Å². The zero-order valence-electron chi connectivity index (χ0n) is 6.93. The fraction of sp³-hybridized carbons (Fsp3) is 1.00. The Kier molecular flexibility index (Phi) is 5.39. The first kappa shape index (κ1) is 11.8. The molecule has 0 amide bonds.